The third-order valence-corrected chi connectivity index (χ3v) is 5.49. The predicted molar refractivity (Wildman–Crippen MR) is 136 cm³/mol. The summed E-state index contributed by atoms with van der Waals surface area (Å²) in [7, 11) is 0. The number of benzene rings is 2. The number of anilines is 1. The van der Waals surface area contributed by atoms with Gasteiger partial charge in [-0.05, 0) is 57.2 Å². The Kier molecular flexibility index (Phi) is 6.64. The first-order chi connectivity index (χ1) is 16.8. The van der Waals surface area contributed by atoms with Crippen LogP contribution in [0.3, 0.4) is 0 Å². The van der Waals surface area contributed by atoms with Crippen molar-refractivity contribution in [1.29, 1.82) is 0 Å². The van der Waals surface area contributed by atoms with Gasteiger partial charge in [-0.25, -0.2) is 4.68 Å². The van der Waals surface area contributed by atoms with Gasteiger partial charge in [0.25, 0.3) is 11.5 Å². The van der Waals surface area contributed by atoms with Crippen LogP contribution in [-0.4, -0.2) is 33.8 Å². The highest BCUT2D eigenvalue weighted by molar-refractivity contribution is 6.54. The first kappa shape index (κ1) is 23.7. The number of nitrogens with zero attached hydrogens (tertiary/aromatic N) is 3. The number of rotatable bonds is 7. The lowest BCUT2D eigenvalue weighted by Crippen LogP contribution is -2.21. The van der Waals surface area contributed by atoms with Gasteiger partial charge >= 0.3 is 0 Å². The number of hydrogen-bond donors (Lipinski definition) is 1. The first-order valence-corrected chi connectivity index (χ1v) is 11.2. The molecule has 0 fully saturated rings. The molecule has 0 atom stereocenters. The van der Waals surface area contributed by atoms with Gasteiger partial charge in [-0.2, -0.15) is 10.1 Å². The van der Waals surface area contributed by atoms with E-state index < -0.39 is 5.91 Å². The molecule has 8 nitrogen and oxygen atoms in total. The molecule has 1 amide bonds. The van der Waals surface area contributed by atoms with Crippen molar-refractivity contribution >= 4 is 29.2 Å². The van der Waals surface area contributed by atoms with Gasteiger partial charge in [-0.15, -0.1) is 0 Å². The van der Waals surface area contributed by atoms with Crippen LogP contribution in [0.25, 0.3) is 11.8 Å². The molecule has 0 aliphatic carbocycles. The van der Waals surface area contributed by atoms with Gasteiger partial charge in [0.15, 0.2) is 5.78 Å². The first-order valence-electron chi connectivity index (χ1n) is 11.2. The average molecular weight is 471 g/mol. The van der Waals surface area contributed by atoms with E-state index in [1.165, 1.54) is 22.7 Å². The molecular weight excluding hydrogens is 444 g/mol. The number of aromatic nitrogens is 2. The van der Waals surface area contributed by atoms with Crippen molar-refractivity contribution in [3.63, 3.8) is 0 Å². The SMILES string of the molecule is CCOc1[nH]n(-c2ccc(C)cc2)c(=O)c1C=CC=C1C(=O)N(c2ccc(C)cc2)N=C1C(C)=O. The molecule has 1 aliphatic rings. The minimum absolute atomic E-state index is 0.0661. The van der Waals surface area contributed by atoms with E-state index in [9.17, 15) is 14.4 Å². The molecule has 0 saturated carbocycles. The second-order valence-corrected chi connectivity index (χ2v) is 8.16. The number of aryl methyl sites for hydroxylation is 2. The lowest BCUT2D eigenvalue weighted by Gasteiger charge is -2.11. The standard InChI is InChI=1S/C27H26N4O4/c1-5-35-25-23(27(34)31(29-25)21-15-11-18(3)12-16-21)8-6-7-22-24(19(4)32)28-30(26(22)33)20-13-9-17(2)10-14-20/h6-16,29H,5H2,1-4H3. The van der Waals surface area contributed by atoms with Crippen molar-refractivity contribution < 1.29 is 14.3 Å². The van der Waals surface area contributed by atoms with Gasteiger partial charge in [0, 0.05) is 6.92 Å². The summed E-state index contributed by atoms with van der Waals surface area (Å²) >= 11 is 0. The van der Waals surface area contributed by atoms with Crippen LogP contribution in [0.15, 0.2) is 76.2 Å². The Bertz CT molecular complexity index is 1420. The van der Waals surface area contributed by atoms with Crippen molar-refractivity contribution in [2.24, 2.45) is 5.10 Å². The molecule has 2 aromatic carbocycles. The van der Waals surface area contributed by atoms with Gasteiger partial charge in [-0.3, -0.25) is 19.5 Å². The van der Waals surface area contributed by atoms with Crippen LogP contribution in [0.1, 0.15) is 30.5 Å². The maximum atomic E-state index is 13.1. The third kappa shape index (κ3) is 4.77. The second-order valence-electron chi connectivity index (χ2n) is 8.16. The maximum Gasteiger partial charge on any atom is 0.282 e. The largest absolute Gasteiger partial charge is 0.478 e. The molecule has 4 rings (SSSR count). The number of allylic oxidation sites excluding steroid dienone is 2. The number of H-pyrrole nitrogens is 1. The van der Waals surface area contributed by atoms with Crippen molar-refractivity contribution in [2.45, 2.75) is 27.7 Å². The van der Waals surface area contributed by atoms with Crippen molar-refractivity contribution in [3.05, 3.63) is 93.3 Å². The molecule has 2 heterocycles. The Labute approximate surface area is 202 Å². The lowest BCUT2D eigenvalue weighted by atomic mass is 10.1. The monoisotopic (exact) mass is 470 g/mol. The zero-order chi connectivity index (χ0) is 25.1. The molecule has 0 bridgehead atoms. The highest BCUT2D eigenvalue weighted by atomic mass is 16.5. The Morgan fingerprint density at radius 2 is 1.60 bits per heavy atom. The topological polar surface area (TPSA) is 96.8 Å². The van der Waals surface area contributed by atoms with Crippen molar-refractivity contribution in [3.8, 4) is 11.6 Å². The molecule has 0 unspecified atom stereocenters. The summed E-state index contributed by atoms with van der Waals surface area (Å²) in [5.74, 6) is -0.432. The Morgan fingerprint density at radius 1 is 1.00 bits per heavy atom. The number of nitrogens with one attached hydrogen (secondary N) is 1. The summed E-state index contributed by atoms with van der Waals surface area (Å²) < 4.78 is 7.03. The molecule has 1 aliphatic heterocycles. The molecule has 35 heavy (non-hydrogen) atoms. The van der Waals surface area contributed by atoms with E-state index in [0.29, 0.717) is 29.4 Å². The van der Waals surface area contributed by atoms with Crippen LogP contribution in [0.2, 0.25) is 0 Å². The van der Waals surface area contributed by atoms with E-state index in [1.807, 2.05) is 57.2 Å². The van der Waals surface area contributed by atoms with E-state index in [1.54, 1.807) is 24.3 Å². The fourth-order valence-electron chi connectivity index (χ4n) is 3.63. The molecule has 1 N–H and O–H groups in total. The fourth-order valence-corrected chi connectivity index (χ4v) is 3.63. The number of aromatic amines is 1. The van der Waals surface area contributed by atoms with Crippen LogP contribution in [-0.2, 0) is 9.59 Å². The minimum Gasteiger partial charge on any atom is -0.478 e. The molecule has 0 radical (unpaired) electrons. The molecule has 3 aromatic rings. The number of Topliss-reactive ketones (excluding diaryl/α,β-unsaturated/α-hetero) is 1. The van der Waals surface area contributed by atoms with E-state index in [4.69, 9.17) is 4.74 Å². The molecule has 0 saturated heterocycles. The molecule has 1 aromatic heterocycles. The van der Waals surface area contributed by atoms with E-state index in [2.05, 4.69) is 10.2 Å². The lowest BCUT2D eigenvalue weighted by molar-refractivity contribution is -0.115. The minimum atomic E-state index is -0.417. The molecule has 178 valence electrons. The molecule has 8 heteroatoms. The number of amides is 1. The number of carbonyl (C=O) groups is 2. The van der Waals surface area contributed by atoms with Crippen molar-refractivity contribution in [1.82, 2.24) is 9.78 Å². The van der Waals surface area contributed by atoms with Crippen molar-refractivity contribution in [2.75, 3.05) is 11.6 Å². The Morgan fingerprint density at radius 3 is 2.17 bits per heavy atom. The zero-order valence-corrected chi connectivity index (χ0v) is 20.0. The van der Waals surface area contributed by atoms with Crippen LogP contribution in [0.4, 0.5) is 5.69 Å². The van der Waals surface area contributed by atoms with Crippen LogP contribution in [0.5, 0.6) is 5.88 Å². The predicted octanol–water partition coefficient (Wildman–Crippen LogP) is 4.11. The quantitative estimate of drug-likeness (QED) is 0.526. The summed E-state index contributed by atoms with van der Waals surface area (Å²) in [6, 6.07) is 14.8. The highest BCUT2D eigenvalue weighted by Crippen LogP contribution is 2.25. The van der Waals surface area contributed by atoms with Gasteiger partial charge < -0.3 is 4.74 Å². The summed E-state index contributed by atoms with van der Waals surface area (Å²) in [6.45, 7) is 7.46. The smallest absolute Gasteiger partial charge is 0.282 e. The van der Waals surface area contributed by atoms with Gasteiger partial charge in [0.05, 0.1) is 23.6 Å². The van der Waals surface area contributed by atoms with E-state index >= 15 is 0 Å². The summed E-state index contributed by atoms with van der Waals surface area (Å²) in [4.78, 5) is 38.4. The second kappa shape index (κ2) is 9.80. The number of ether oxygens (including phenoxy) is 1. The molecule has 0 spiro atoms. The number of hydrogen-bond acceptors (Lipinski definition) is 5. The summed E-state index contributed by atoms with van der Waals surface area (Å²) in [6.07, 6.45) is 4.60. The van der Waals surface area contributed by atoms with E-state index in [0.717, 1.165) is 11.1 Å². The van der Waals surface area contributed by atoms with Crippen LogP contribution >= 0.6 is 0 Å². The van der Waals surface area contributed by atoms with Gasteiger partial charge in [0.1, 0.15) is 11.3 Å². The zero-order valence-electron chi connectivity index (χ0n) is 20.0. The fraction of sp³-hybridized carbons (Fsp3) is 0.185. The van der Waals surface area contributed by atoms with E-state index in [-0.39, 0.29) is 22.6 Å². The summed E-state index contributed by atoms with van der Waals surface area (Å²) in [5, 5.41) is 8.44. The normalized spacial score (nSPS) is 14.7. The third-order valence-electron chi connectivity index (χ3n) is 5.49. The summed E-state index contributed by atoms with van der Waals surface area (Å²) in [5.41, 5.74) is 3.58. The Hall–Kier alpha value is -4.46. The van der Waals surface area contributed by atoms with Gasteiger partial charge in [-0.1, -0.05) is 41.5 Å². The highest BCUT2D eigenvalue weighted by Gasteiger charge is 2.33. The maximum absolute atomic E-state index is 13.1. The number of carbonyl (C=O) groups excluding carboxylic acids is 2. The van der Waals surface area contributed by atoms with Crippen LogP contribution in [0, 0.1) is 13.8 Å². The average Bonchev–Trinajstić information content (AvgIpc) is 3.32. The van der Waals surface area contributed by atoms with Crippen LogP contribution < -0.4 is 15.3 Å². The number of hydrazone groups is 1. The number of ketones is 1. The van der Waals surface area contributed by atoms with Gasteiger partial charge in [0.2, 0.25) is 5.88 Å². The molecular formula is C27H26N4O4. The Balaban J connectivity index is 1.68.